The predicted octanol–water partition coefficient (Wildman–Crippen LogP) is 5.26. The lowest BCUT2D eigenvalue weighted by atomic mass is 9.97. The number of fused-ring (bicyclic) bond motifs is 1. The molecule has 0 saturated heterocycles. The maximum atomic E-state index is 14.1. The number of nitrogens with zero attached hydrogens (tertiary/aromatic N) is 4. The molecular weight excluding hydrogens is 537 g/mol. The largest absolute Gasteiger partial charge is 0.497 e. The van der Waals surface area contributed by atoms with Gasteiger partial charge in [-0.2, -0.15) is 18.3 Å². The molecule has 13 heteroatoms. The summed E-state index contributed by atoms with van der Waals surface area (Å²) in [4.78, 5) is 26.4. The molecule has 0 spiro atoms. The van der Waals surface area contributed by atoms with E-state index in [1.165, 1.54) is 11.8 Å². The highest BCUT2D eigenvalue weighted by Gasteiger charge is 2.48. The van der Waals surface area contributed by atoms with Crippen LogP contribution in [0.25, 0.3) is 5.69 Å². The number of halogens is 4. The molecule has 1 amide bonds. The van der Waals surface area contributed by atoms with E-state index in [0.29, 0.717) is 27.4 Å². The molecule has 0 saturated carbocycles. The smallest absolute Gasteiger partial charge is 0.410 e. The fraction of sp³-hybridized carbons (Fsp3) is 0.269. The third kappa shape index (κ3) is 4.65. The number of hydrogen-bond donors (Lipinski definition) is 2. The summed E-state index contributed by atoms with van der Waals surface area (Å²) in [6.45, 7) is 1.64. The first-order valence-corrected chi connectivity index (χ1v) is 12.3. The third-order valence-corrected chi connectivity index (χ3v) is 7.18. The molecule has 2 atom stereocenters. The van der Waals surface area contributed by atoms with Crippen LogP contribution in [-0.2, 0) is 7.05 Å². The second-order valence-corrected chi connectivity index (χ2v) is 9.49. The van der Waals surface area contributed by atoms with Crippen molar-refractivity contribution in [1.29, 1.82) is 0 Å². The molecule has 9 nitrogen and oxygen atoms in total. The maximum Gasteiger partial charge on any atom is 0.410 e. The fourth-order valence-electron chi connectivity index (χ4n) is 4.67. The lowest BCUT2D eigenvalue weighted by Crippen LogP contribution is -2.35. The Morgan fingerprint density at radius 3 is 2.44 bits per heavy atom. The Balaban J connectivity index is 1.50. The van der Waals surface area contributed by atoms with Gasteiger partial charge in [-0.25, -0.2) is 9.36 Å². The fourth-order valence-corrected chi connectivity index (χ4v) is 4.94. The summed E-state index contributed by atoms with van der Waals surface area (Å²) in [5.74, 6) is -0.481. The minimum atomic E-state index is -4.66. The van der Waals surface area contributed by atoms with Gasteiger partial charge in [-0.3, -0.25) is 14.3 Å². The Labute approximate surface area is 225 Å². The van der Waals surface area contributed by atoms with Gasteiger partial charge in [0.1, 0.15) is 22.3 Å². The van der Waals surface area contributed by atoms with Crippen molar-refractivity contribution >= 4 is 29.0 Å². The van der Waals surface area contributed by atoms with Crippen molar-refractivity contribution in [3.8, 4) is 11.4 Å². The van der Waals surface area contributed by atoms with E-state index in [9.17, 15) is 22.8 Å². The zero-order valence-corrected chi connectivity index (χ0v) is 21.8. The van der Waals surface area contributed by atoms with Gasteiger partial charge in [0.05, 0.1) is 24.5 Å². The first kappa shape index (κ1) is 26.4. The summed E-state index contributed by atoms with van der Waals surface area (Å²) in [5, 5.41) is 9.17. The number of benzene rings is 2. The molecule has 0 fully saturated rings. The molecule has 39 heavy (non-hydrogen) atoms. The van der Waals surface area contributed by atoms with Crippen molar-refractivity contribution in [3.05, 3.63) is 86.9 Å². The Morgan fingerprint density at radius 1 is 1.15 bits per heavy atom. The first-order valence-electron chi connectivity index (χ1n) is 11.9. The van der Waals surface area contributed by atoms with E-state index in [2.05, 4.69) is 15.7 Å². The molecule has 1 aliphatic rings. The number of para-hydroxylation sites is 1. The molecule has 204 valence electrons. The zero-order chi connectivity index (χ0) is 28.1. The van der Waals surface area contributed by atoms with Crippen LogP contribution in [0, 0.1) is 6.92 Å². The van der Waals surface area contributed by atoms with Gasteiger partial charge in [0, 0.05) is 13.5 Å². The van der Waals surface area contributed by atoms with Gasteiger partial charge in [-0.1, -0.05) is 41.9 Å². The molecule has 1 aliphatic heterocycles. The molecule has 2 aromatic heterocycles. The van der Waals surface area contributed by atoms with E-state index in [4.69, 9.17) is 16.3 Å². The molecule has 0 bridgehead atoms. The van der Waals surface area contributed by atoms with Crippen molar-refractivity contribution in [2.45, 2.75) is 31.6 Å². The van der Waals surface area contributed by atoms with Crippen LogP contribution in [0.15, 0.2) is 59.4 Å². The molecule has 5 rings (SSSR count). The van der Waals surface area contributed by atoms with E-state index in [0.717, 1.165) is 0 Å². The van der Waals surface area contributed by atoms with Crippen molar-refractivity contribution in [2.75, 3.05) is 17.7 Å². The highest BCUT2D eigenvalue weighted by atomic mass is 35.5. The first-order chi connectivity index (χ1) is 18.5. The molecule has 0 unspecified atom stereocenters. The minimum Gasteiger partial charge on any atom is -0.497 e. The summed E-state index contributed by atoms with van der Waals surface area (Å²) >= 11 is 6.45. The average molecular weight is 561 g/mol. The maximum absolute atomic E-state index is 14.1. The van der Waals surface area contributed by atoms with E-state index in [-0.39, 0.29) is 22.9 Å². The lowest BCUT2D eigenvalue weighted by molar-refractivity contribution is -0.173. The van der Waals surface area contributed by atoms with Gasteiger partial charge in [-0.15, -0.1) is 0 Å². The predicted molar refractivity (Wildman–Crippen MR) is 140 cm³/mol. The SMILES string of the molecule is COc1ccc([C@@H]2C[C@H](C(F)(F)F)n3nc(C(=O)Nc4c(C)n(C)n(-c5ccccc5)c4=O)c(Cl)c3N2)cc1. The summed E-state index contributed by atoms with van der Waals surface area (Å²) in [6.07, 6.45) is -5.04. The van der Waals surface area contributed by atoms with Gasteiger partial charge in [0.15, 0.2) is 11.7 Å². The quantitative estimate of drug-likeness (QED) is 0.347. The van der Waals surface area contributed by atoms with Crippen molar-refractivity contribution in [3.63, 3.8) is 0 Å². The summed E-state index contributed by atoms with van der Waals surface area (Å²) in [5.41, 5.74) is 0.609. The lowest BCUT2D eigenvalue weighted by Gasteiger charge is -2.33. The van der Waals surface area contributed by atoms with Gasteiger partial charge in [0.25, 0.3) is 11.5 Å². The Hall–Kier alpha value is -4.19. The van der Waals surface area contributed by atoms with Crippen molar-refractivity contribution in [2.24, 2.45) is 7.05 Å². The standard InChI is InChI=1S/C26H24ClF3N6O3/c1-14-21(25(38)36(34(14)2)16-7-5-4-6-8-16)32-24(37)22-20(27)23-31-18(15-9-11-17(39-3)12-10-15)13-19(26(28,29)30)35(23)33-22/h4-12,18-19,31H,13H2,1-3H3,(H,32,37)/t18-,19+/m0/s1. The molecular formula is C26H24ClF3N6O3. The Kier molecular flexibility index (Phi) is 6.67. The van der Waals surface area contributed by atoms with E-state index < -0.39 is 35.4 Å². The summed E-state index contributed by atoms with van der Waals surface area (Å²) < 4.78 is 51.1. The summed E-state index contributed by atoms with van der Waals surface area (Å²) in [7, 11) is 3.14. The number of methoxy groups -OCH3 is 1. The summed E-state index contributed by atoms with van der Waals surface area (Å²) in [6, 6.07) is 12.6. The second-order valence-electron chi connectivity index (χ2n) is 9.11. The number of rotatable bonds is 5. The van der Waals surface area contributed by atoms with Crippen LogP contribution >= 0.6 is 11.6 Å². The van der Waals surface area contributed by atoms with Gasteiger partial charge in [-0.05, 0) is 36.8 Å². The molecule has 3 heterocycles. The number of ether oxygens (including phenoxy) is 1. The number of carbonyl (C=O) groups excluding carboxylic acids is 1. The Morgan fingerprint density at radius 2 is 1.82 bits per heavy atom. The van der Waals surface area contributed by atoms with Crippen molar-refractivity contribution < 1.29 is 22.7 Å². The number of hydrogen-bond acceptors (Lipinski definition) is 5. The van der Waals surface area contributed by atoms with Crippen LogP contribution in [0.5, 0.6) is 5.75 Å². The van der Waals surface area contributed by atoms with E-state index in [1.54, 1.807) is 73.3 Å². The minimum absolute atomic E-state index is 0.0372. The molecule has 0 radical (unpaired) electrons. The molecule has 2 N–H and O–H groups in total. The van der Waals surface area contributed by atoms with Gasteiger partial charge in [0.2, 0.25) is 0 Å². The molecule has 4 aromatic rings. The molecule has 0 aliphatic carbocycles. The second kappa shape index (κ2) is 9.84. The van der Waals surface area contributed by atoms with Crippen LogP contribution in [0.1, 0.15) is 40.3 Å². The highest BCUT2D eigenvalue weighted by molar-refractivity contribution is 6.36. The normalized spacial score (nSPS) is 16.9. The highest BCUT2D eigenvalue weighted by Crippen LogP contribution is 2.46. The number of aromatic nitrogens is 4. The van der Waals surface area contributed by atoms with Crippen LogP contribution in [0.3, 0.4) is 0 Å². The van der Waals surface area contributed by atoms with Crippen LogP contribution < -0.4 is 20.9 Å². The third-order valence-electron chi connectivity index (χ3n) is 6.82. The van der Waals surface area contributed by atoms with Gasteiger partial charge < -0.3 is 15.4 Å². The topological polar surface area (TPSA) is 95.1 Å². The number of anilines is 2. The number of carbonyl (C=O) groups is 1. The van der Waals surface area contributed by atoms with Gasteiger partial charge >= 0.3 is 6.18 Å². The van der Waals surface area contributed by atoms with Crippen LogP contribution in [0.4, 0.5) is 24.7 Å². The number of alkyl halides is 3. The van der Waals surface area contributed by atoms with E-state index >= 15 is 0 Å². The number of amides is 1. The monoisotopic (exact) mass is 560 g/mol. The van der Waals surface area contributed by atoms with Crippen molar-refractivity contribution in [1.82, 2.24) is 19.1 Å². The number of nitrogens with one attached hydrogen (secondary N) is 2. The zero-order valence-electron chi connectivity index (χ0n) is 21.1. The van der Waals surface area contributed by atoms with E-state index in [1.807, 2.05) is 0 Å². The van der Waals surface area contributed by atoms with Crippen LogP contribution in [0.2, 0.25) is 5.02 Å². The molecule has 2 aromatic carbocycles. The average Bonchev–Trinajstić information content (AvgIpc) is 3.36. The Bertz CT molecular complexity index is 1590. The van der Waals surface area contributed by atoms with Crippen LogP contribution in [-0.4, -0.2) is 38.3 Å².